The first kappa shape index (κ1) is 42.5. The van der Waals surface area contributed by atoms with Crippen LogP contribution in [0.1, 0.15) is 105 Å². The second-order valence-corrected chi connectivity index (χ2v) is 24.2. The zero-order chi connectivity index (χ0) is 47.7. The summed E-state index contributed by atoms with van der Waals surface area (Å²) in [6, 6.07) is 49.5. The topological polar surface area (TPSA) is 40.5 Å². The highest BCUT2D eigenvalue weighted by Gasteiger charge is 2.26. The van der Waals surface area contributed by atoms with Gasteiger partial charge in [-0.05, 0) is 201 Å². The van der Waals surface area contributed by atoms with E-state index in [4.69, 9.17) is 0 Å². The maximum Gasteiger partial charge on any atom is 0.124 e. The van der Waals surface area contributed by atoms with Crippen molar-refractivity contribution < 1.29 is 10.2 Å². The van der Waals surface area contributed by atoms with Crippen LogP contribution in [0.25, 0.3) is 119 Å². The van der Waals surface area contributed by atoms with Crippen molar-refractivity contribution in [2.75, 3.05) is 0 Å². The van der Waals surface area contributed by atoms with Crippen LogP contribution in [0, 0.1) is 0 Å². The number of fused-ring (bicyclic) bond motifs is 5. The van der Waals surface area contributed by atoms with E-state index in [1.54, 1.807) is 0 Å². The first-order valence-corrected chi connectivity index (χ1v) is 24.4. The molecule has 0 saturated heterocycles. The molecule has 0 atom stereocenters. The first-order chi connectivity index (χ1) is 32.0. The predicted octanol–water partition coefficient (Wildman–Crippen LogP) is 18.9. The van der Waals surface area contributed by atoms with Crippen LogP contribution in [0.5, 0.6) is 11.5 Å². The molecule has 336 valence electrons. The molecule has 0 bridgehead atoms. The summed E-state index contributed by atoms with van der Waals surface area (Å²) in [7, 11) is 0. The number of phenolic OH excluding ortho intramolecular Hbond substituents is 2. The van der Waals surface area contributed by atoms with E-state index >= 15 is 0 Å². The monoisotopic (exact) mass is 884 g/mol. The number of rotatable bonds is 2. The smallest absolute Gasteiger partial charge is 0.124 e. The second kappa shape index (κ2) is 13.9. The summed E-state index contributed by atoms with van der Waals surface area (Å²) < 4.78 is 0. The van der Waals surface area contributed by atoms with Gasteiger partial charge >= 0.3 is 0 Å². The van der Waals surface area contributed by atoms with Gasteiger partial charge in [0, 0.05) is 11.1 Å². The zero-order valence-corrected chi connectivity index (χ0v) is 41.6. The van der Waals surface area contributed by atoms with Crippen LogP contribution < -0.4 is 0 Å². The average Bonchev–Trinajstić information content (AvgIpc) is 3.27. The molecule has 12 aromatic carbocycles. The molecule has 12 aromatic rings. The van der Waals surface area contributed by atoms with Crippen molar-refractivity contribution in [3.63, 3.8) is 0 Å². The highest BCUT2D eigenvalue weighted by atomic mass is 16.3. The molecule has 0 unspecified atom stereocenters. The number of benzene rings is 12. The molecule has 0 aliphatic rings. The summed E-state index contributed by atoms with van der Waals surface area (Å²) >= 11 is 0. The molecule has 0 spiro atoms. The van der Waals surface area contributed by atoms with Gasteiger partial charge in [-0.1, -0.05) is 168 Å². The van der Waals surface area contributed by atoms with Crippen LogP contribution in [0.3, 0.4) is 0 Å². The Morgan fingerprint density at radius 2 is 0.544 bits per heavy atom. The van der Waals surface area contributed by atoms with Gasteiger partial charge in [0.1, 0.15) is 11.5 Å². The van der Waals surface area contributed by atoms with Crippen molar-refractivity contribution in [1.82, 2.24) is 0 Å². The molecule has 0 fully saturated rings. The molecule has 0 saturated carbocycles. The SMILES string of the molecule is CC(C)(C)c1cc2cc(C(C)(C)C)cc3c4ccc(-c5cc6cc(-c7ccc8c9cc(C(C)(C)C)cc%10cc(C(C)(C)C)cc(c%11cccc7c%118)c%109)c(O)cc6cc5O)c5cccc(c(c1)c23)c54. The predicted molar refractivity (Wildman–Crippen MR) is 295 cm³/mol. The van der Waals surface area contributed by atoms with Crippen molar-refractivity contribution >= 4 is 97.0 Å². The third kappa shape index (κ3) is 6.22. The minimum atomic E-state index is -0.0265. The largest absolute Gasteiger partial charge is 0.507 e. The van der Waals surface area contributed by atoms with Crippen LogP contribution in [-0.2, 0) is 21.7 Å². The Labute approximate surface area is 399 Å². The molecule has 2 nitrogen and oxygen atoms in total. The number of hydrogen-bond acceptors (Lipinski definition) is 2. The highest BCUT2D eigenvalue weighted by molar-refractivity contribution is 6.36. The Morgan fingerprint density at radius 3 is 0.868 bits per heavy atom. The number of hydrogen-bond donors (Lipinski definition) is 2. The lowest BCUT2D eigenvalue weighted by atomic mass is 9.78. The van der Waals surface area contributed by atoms with E-state index in [2.05, 4.69) is 204 Å². The summed E-state index contributed by atoms with van der Waals surface area (Å²) in [5.74, 6) is 0.375. The van der Waals surface area contributed by atoms with E-state index in [0.717, 1.165) is 43.8 Å². The van der Waals surface area contributed by atoms with Crippen LogP contribution in [-0.4, -0.2) is 10.2 Å². The lowest BCUT2D eigenvalue weighted by Crippen LogP contribution is -2.12. The fourth-order valence-electron chi connectivity index (χ4n) is 11.6. The van der Waals surface area contributed by atoms with Crippen LogP contribution in [0.2, 0.25) is 0 Å². The van der Waals surface area contributed by atoms with Crippen molar-refractivity contribution in [3.8, 4) is 33.8 Å². The maximum absolute atomic E-state index is 12.0. The van der Waals surface area contributed by atoms with E-state index in [0.29, 0.717) is 0 Å². The molecule has 0 amide bonds. The maximum atomic E-state index is 12.0. The van der Waals surface area contributed by atoms with Gasteiger partial charge in [0.25, 0.3) is 0 Å². The van der Waals surface area contributed by atoms with Crippen molar-refractivity contribution in [1.29, 1.82) is 0 Å². The highest BCUT2D eigenvalue weighted by Crippen LogP contribution is 2.50. The zero-order valence-electron chi connectivity index (χ0n) is 41.6. The molecule has 0 aliphatic carbocycles. The van der Waals surface area contributed by atoms with Gasteiger partial charge in [-0.15, -0.1) is 0 Å². The standard InChI is InChI=1S/C66H60O2/c1-63(2,3)39-23-37-25-41(65(7,8)9)33-55-49-21-19-43(45-15-13-17-47(61(45)49)53(31-39)59(37)55)51-27-35-28-52(58(68)30-36(35)29-57(51)67)44-20-22-50-56-34-42(66(10,11)12)26-38-24-40(64(4,5)6)32-54(60(38)56)48-18-14-16-46(44)62(48)50/h13-34,67-68H,1-12H3. The minimum Gasteiger partial charge on any atom is -0.507 e. The van der Waals surface area contributed by atoms with Gasteiger partial charge in [-0.2, -0.15) is 0 Å². The third-order valence-corrected chi connectivity index (χ3v) is 15.5. The fourth-order valence-corrected chi connectivity index (χ4v) is 11.6. The summed E-state index contributed by atoms with van der Waals surface area (Å²) in [5.41, 5.74) is 8.69. The Bertz CT molecular complexity index is 3720. The number of phenols is 2. The van der Waals surface area contributed by atoms with E-state index in [-0.39, 0.29) is 33.2 Å². The van der Waals surface area contributed by atoms with Crippen molar-refractivity contribution in [3.05, 3.63) is 156 Å². The Balaban J connectivity index is 1.09. The van der Waals surface area contributed by atoms with Gasteiger partial charge in [-0.3, -0.25) is 0 Å². The fraction of sp³-hybridized carbons (Fsp3) is 0.242. The van der Waals surface area contributed by atoms with E-state index in [1.807, 2.05) is 12.1 Å². The van der Waals surface area contributed by atoms with Gasteiger partial charge < -0.3 is 10.2 Å². The summed E-state index contributed by atoms with van der Waals surface area (Å²) in [5, 5.41) is 45.5. The van der Waals surface area contributed by atoms with Crippen molar-refractivity contribution in [2.24, 2.45) is 0 Å². The molecule has 0 aromatic heterocycles. The van der Waals surface area contributed by atoms with Gasteiger partial charge in [0.2, 0.25) is 0 Å². The number of aromatic hydroxyl groups is 2. The van der Waals surface area contributed by atoms with Gasteiger partial charge in [0.05, 0.1) is 0 Å². The molecule has 0 radical (unpaired) electrons. The first-order valence-electron chi connectivity index (χ1n) is 24.4. The summed E-state index contributed by atoms with van der Waals surface area (Å²) in [6.07, 6.45) is 0. The summed E-state index contributed by atoms with van der Waals surface area (Å²) in [6.45, 7) is 27.6. The third-order valence-electron chi connectivity index (χ3n) is 15.5. The van der Waals surface area contributed by atoms with E-state index in [9.17, 15) is 10.2 Å². The van der Waals surface area contributed by atoms with E-state index < -0.39 is 0 Å². The molecular weight excluding hydrogens is 825 g/mol. The van der Waals surface area contributed by atoms with Gasteiger partial charge in [-0.25, -0.2) is 0 Å². The normalized spacial score (nSPS) is 13.4. The molecule has 0 heterocycles. The minimum absolute atomic E-state index is 0.0265. The summed E-state index contributed by atoms with van der Waals surface area (Å²) in [4.78, 5) is 0. The lowest BCUT2D eigenvalue weighted by Gasteiger charge is -2.25. The molecule has 2 heteroatoms. The Morgan fingerprint density at radius 1 is 0.250 bits per heavy atom. The van der Waals surface area contributed by atoms with Crippen LogP contribution in [0.15, 0.2) is 133 Å². The molecule has 2 N–H and O–H groups in total. The van der Waals surface area contributed by atoms with Crippen LogP contribution in [0.4, 0.5) is 0 Å². The van der Waals surface area contributed by atoms with E-state index in [1.165, 1.54) is 97.7 Å². The lowest BCUT2D eigenvalue weighted by molar-refractivity contribution is 0.476. The molecule has 12 rings (SSSR count). The molecular formula is C66H60O2. The van der Waals surface area contributed by atoms with Crippen molar-refractivity contribution in [2.45, 2.75) is 105 Å². The average molecular weight is 885 g/mol. The second-order valence-electron chi connectivity index (χ2n) is 24.2. The molecule has 0 aliphatic heterocycles. The molecule has 68 heavy (non-hydrogen) atoms. The van der Waals surface area contributed by atoms with Gasteiger partial charge in [0.15, 0.2) is 0 Å². The Hall–Kier alpha value is -6.90. The van der Waals surface area contributed by atoms with Crippen LogP contribution >= 0.6 is 0 Å². The Kier molecular flexibility index (Phi) is 8.65. The quantitative estimate of drug-likeness (QED) is 0.134.